The van der Waals surface area contributed by atoms with E-state index >= 15 is 0 Å². The van der Waals surface area contributed by atoms with Crippen LogP contribution in [0.1, 0.15) is 79.0 Å². The fraction of sp³-hybridized carbons (Fsp3) is 0.167. The van der Waals surface area contributed by atoms with Crippen LogP contribution in [0.4, 0.5) is 22.7 Å². The van der Waals surface area contributed by atoms with E-state index in [9.17, 15) is 0 Å². The third-order valence-electron chi connectivity index (χ3n) is 17.6. The Morgan fingerprint density at radius 2 is 0.906 bits per heavy atom. The topological polar surface area (TPSA) is 38.5 Å². The maximum absolute atomic E-state index is 7.12. The zero-order valence-corrected chi connectivity index (χ0v) is 51.1. The number of aromatic nitrogens is 3. The molecular weight excluding hydrogens is 1050 g/mol. The average molecular weight is 1120 g/mol. The summed E-state index contributed by atoms with van der Waals surface area (Å²) in [7, 11) is -3.04. The molecule has 7 heteroatoms. The highest BCUT2D eigenvalue weighted by Gasteiger charge is 2.46. The summed E-state index contributed by atoms with van der Waals surface area (Å²) in [5.41, 5.74) is 13.8. The predicted molar refractivity (Wildman–Crippen MR) is 361 cm³/mol. The van der Waals surface area contributed by atoms with E-state index in [4.69, 9.17) is 9.72 Å². The van der Waals surface area contributed by atoms with Crippen LogP contribution in [-0.2, 0) is 16.2 Å². The minimum Gasteiger partial charge on any atom is -0.457 e. The van der Waals surface area contributed by atoms with Gasteiger partial charge >= 0.3 is 0 Å². The fourth-order valence-corrected chi connectivity index (χ4v) is 18.2. The summed E-state index contributed by atoms with van der Waals surface area (Å²) >= 11 is 0. The zero-order valence-electron chi connectivity index (χ0n) is 50.1. The lowest BCUT2D eigenvalue weighted by molar-refractivity contribution is 0.483. The van der Waals surface area contributed by atoms with Crippen molar-refractivity contribution < 1.29 is 4.74 Å². The summed E-state index contributed by atoms with van der Waals surface area (Å²) in [4.78, 5) is 10.2. The molecule has 14 rings (SSSR count). The molecular formula is C78H71N5OSi. The van der Waals surface area contributed by atoms with Gasteiger partial charge in [0.25, 0.3) is 0 Å². The van der Waals surface area contributed by atoms with Crippen LogP contribution < -0.4 is 35.3 Å². The Balaban J connectivity index is 0.928. The first-order chi connectivity index (χ1) is 41.0. The Kier molecular flexibility index (Phi) is 12.9. The Morgan fingerprint density at radius 1 is 0.365 bits per heavy atom. The first-order valence-electron chi connectivity index (χ1n) is 29.9. The van der Waals surface area contributed by atoms with Crippen molar-refractivity contribution in [3.63, 3.8) is 0 Å². The molecule has 1 aliphatic rings. The Labute approximate surface area is 500 Å². The van der Waals surface area contributed by atoms with Gasteiger partial charge in [0, 0.05) is 56.9 Å². The average Bonchev–Trinajstić information content (AvgIpc) is 1.87. The standard InChI is InChI=1S/C78H71N5OSi/c1-76(2,3)53-43-44-79-74(48-53)83-70-42-39-57(82-68-35-21-19-33-64(68)65-34-20-22-36-69(65)82)50-67(70)66-41-40-60(51-72(66)83)84-59-26-23-25-56(49-59)80-52-81(58-46-54(77(4,5)6)45-55(47-58)78(7,8)9)75-71(80)37-24-38-73(75)85(61-27-13-10-14-28-61,62-29-15-11-16-30-62)63-31-17-12-18-32-63/h10-51H,52H2,1-9H3. The number of rotatable bonds is 10. The molecule has 0 amide bonds. The molecule has 3 aromatic heterocycles. The largest absolute Gasteiger partial charge is 0.457 e. The van der Waals surface area contributed by atoms with E-state index in [1.54, 1.807) is 0 Å². The van der Waals surface area contributed by atoms with Crippen LogP contribution in [0.25, 0.3) is 55.1 Å². The van der Waals surface area contributed by atoms with Gasteiger partial charge in [0.15, 0.2) is 8.07 Å². The normalized spacial score (nSPS) is 13.1. The highest BCUT2D eigenvalue weighted by atomic mass is 28.3. The van der Waals surface area contributed by atoms with Crippen molar-refractivity contribution in [3.8, 4) is 23.0 Å². The van der Waals surface area contributed by atoms with Crippen LogP contribution in [0.5, 0.6) is 11.5 Å². The van der Waals surface area contributed by atoms with Crippen molar-refractivity contribution in [1.29, 1.82) is 0 Å². The second kappa shape index (κ2) is 20.4. The number of pyridine rings is 1. The Bertz CT molecular complexity index is 4490. The number of ether oxygens (including phenoxy) is 1. The number of para-hydroxylation sites is 3. The molecule has 0 N–H and O–H groups in total. The summed E-state index contributed by atoms with van der Waals surface area (Å²) in [6.45, 7) is 21.4. The van der Waals surface area contributed by atoms with Crippen molar-refractivity contribution in [1.82, 2.24) is 14.1 Å². The van der Waals surface area contributed by atoms with Crippen molar-refractivity contribution in [2.45, 2.75) is 78.6 Å². The smallest absolute Gasteiger partial charge is 0.181 e. The van der Waals surface area contributed by atoms with E-state index in [1.807, 2.05) is 6.20 Å². The second-order valence-electron chi connectivity index (χ2n) is 26.1. The molecule has 0 saturated heterocycles. The molecule has 6 nitrogen and oxygen atoms in total. The van der Waals surface area contributed by atoms with Crippen LogP contribution in [0.3, 0.4) is 0 Å². The molecule has 0 aliphatic carbocycles. The van der Waals surface area contributed by atoms with Crippen LogP contribution in [0.2, 0.25) is 0 Å². The molecule has 1 aliphatic heterocycles. The third-order valence-corrected chi connectivity index (χ3v) is 22.4. The number of hydrogen-bond acceptors (Lipinski definition) is 4. The van der Waals surface area contributed by atoms with Crippen LogP contribution in [-0.4, -0.2) is 28.9 Å². The quantitative estimate of drug-likeness (QED) is 0.101. The number of anilines is 4. The van der Waals surface area contributed by atoms with Gasteiger partial charge in [0.05, 0.1) is 33.4 Å². The van der Waals surface area contributed by atoms with Crippen LogP contribution in [0.15, 0.2) is 255 Å². The molecule has 0 radical (unpaired) electrons. The second-order valence-corrected chi connectivity index (χ2v) is 29.9. The molecule has 85 heavy (non-hydrogen) atoms. The van der Waals surface area contributed by atoms with Crippen LogP contribution >= 0.6 is 0 Å². The summed E-state index contributed by atoms with van der Waals surface area (Å²) in [5.74, 6) is 2.37. The number of nitrogens with zero attached hydrogens (tertiary/aromatic N) is 5. The van der Waals surface area contributed by atoms with E-state index in [2.05, 4.69) is 330 Å². The molecule has 0 fully saturated rings. The summed E-state index contributed by atoms with van der Waals surface area (Å²) in [6.07, 6.45) is 1.95. The van der Waals surface area contributed by atoms with Crippen molar-refractivity contribution in [2.75, 3.05) is 16.5 Å². The number of benzene rings is 10. The van der Waals surface area contributed by atoms with Gasteiger partial charge in [-0.1, -0.05) is 214 Å². The van der Waals surface area contributed by atoms with Gasteiger partial charge in [-0.15, -0.1) is 0 Å². The van der Waals surface area contributed by atoms with E-state index in [0.29, 0.717) is 6.67 Å². The van der Waals surface area contributed by atoms with Gasteiger partial charge in [0.2, 0.25) is 0 Å². The van der Waals surface area contributed by atoms with Crippen molar-refractivity contribution in [2.24, 2.45) is 0 Å². The lowest BCUT2D eigenvalue weighted by Crippen LogP contribution is -2.75. The molecule has 13 aromatic rings. The minimum atomic E-state index is -3.04. The number of fused-ring (bicyclic) bond motifs is 7. The van der Waals surface area contributed by atoms with Gasteiger partial charge in [-0.25, -0.2) is 4.98 Å². The lowest BCUT2D eigenvalue weighted by Gasteiger charge is -2.37. The molecule has 4 heterocycles. The first kappa shape index (κ1) is 53.6. The number of hydrogen-bond donors (Lipinski definition) is 0. The zero-order chi connectivity index (χ0) is 58.4. The van der Waals surface area contributed by atoms with Gasteiger partial charge in [-0.05, 0) is 139 Å². The molecule has 0 saturated carbocycles. The van der Waals surface area contributed by atoms with E-state index in [-0.39, 0.29) is 16.2 Å². The SMILES string of the molecule is CC(C)(C)c1cc(N2CN(c3cccc(Oc4ccc5c6cc(-n7c8ccccc8c8ccccc87)ccc6n(-c6cc(C(C)(C)C)ccn6)c5c4)c3)c3cccc([Si](c4ccccc4)(c4ccccc4)c4ccccc4)c32)cc(C(C)(C)C)c1. The Morgan fingerprint density at radius 3 is 1.51 bits per heavy atom. The van der Waals surface area contributed by atoms with Gasteiger partial charge in [0.1, 0.15) is 24.0 Å². The van der Waals surface area contributed by atoms with Crippen LogP contribution in [0, 0.1) is 0 Å². The molecule has 0 bridgehead atoms. The molecule has 0 spiro atoms. The lowest BCUT2D eigenvalue weighted by atomic mass is 9.80. The van der Waals surface area contributed by atoms with Gasteiger partial charge in [-0.3, -0.25) is 4.57 Å². The highest BCUT2D eigenvalue weighted by molar-refractivity contribution is 7.20. The summed E-state index contributed by atoms with van der Waals surface area (Å²) in [5, 5.41) is 10.1. The van der Waals surface area contributed by atoms with E-state index in [0.717, 1.165) is 56.2 Å². The predicted octanol–water partition coefficient (Wildman–Crippen LogP) is 17.6. The molecule has 418 valence electrons. The van der Waals surface area contributed by atoms with Crippen molar-refractivity contribution in [3.05, 3.63) is 272 Å². The maximum Gasteiger partial charge on any atom is 0.181 e. The monoisotopic (exact) mass is 1120 g/mol. The fourth-order valence-electron chi connectivity index (χ4n) is 13.2. The minimum absolute atomic E-state index is 0.0729. The van der Waals surface area contributed by atoms with Crippen molar-refractivity contribution >= 4 is 95.2 Å². The first-order valence-corrected chi connectivity index (χ1v) is 31.9. The van der Waals surface area contributed by atoms with E-state index < -0.39 is 8.07 Å². The third kappa shape index (κ3) is 9.20. The summed E-state index contributed by atoms with van der Waals surface area (Å²) < 4.78 is 11.8. The highest BCUT2D eigenvalue weighted by Crippen LogP contribution is 2.47. The molecule has 0 atom stereocenters. The maximum atomic E-state index is 7.12. The molecule has 0 unspecified atom stereocenters. The van der Waals surface area contributed by atoms with Gasteiger partial charge < -0.3 is 19.1 Å². The summed E-state index contributed by atoms with van der Waals surface area (Å²) in [6, 6.07) is 92.2. The van der Waals surface area contributed by atoms with E-state index in [1.165, 1.54) is 70.6 Å². The van der Waals surface area contributed by atoms with Gasteiger partial charge in [-0.2, -0.15) is 0 Å². The molecule has 10 aromatic carbocycles. The Hall–Kier alpha value is -9.43.